The molecule has 8 nitrogen and oxygen atoms in total. The lowest BCUT2D eigenvalue weighted by Gasteiger charge is -2.18. The highest BCUT2D eigenvalue weighted by molar-refractivity contribution is 5.83. The molecule has 12 heteroatoms. The van der Waals surface area contributed by atoms with Gasteiger partial charge in [0.1, 0.15) is 12.2 Å². The van der Waals surface area contributed by atoms with Crippen molar-refractivity contribution in [2.45, 2.75) is 63.5 Å². The lowest BCUT2D eigenvalue weighted by molar-refractivity contribution is -0.144. The summed E-state index contributed by atoms with van der Waals surface area (Å²) >= 11 is 0. The van der Waals surface area contributed by atoms with Crippen molar-refractivity contribution < 1.29 is 32.5 Å². The first kappa shape index (κ1) is 20.7. The molecule has 1 fully saturated rings. The average molecular weight is 407 g/mol. The zero-order valence-electron chi connectivity index (χ0n) is 15.2. The molecule has 156 valence electrons. The van der Waals surface area contributed by atoms with Gasteiger partial charge in [-0.25, -0.2) is 19.3 Å². The summed E-state index contributed by atoms with van der Waals surface area (Å²) in [5, 5.41) is 21.9. The molecule has 28 heavy (non-hydrogen) atoms. The number of halogens is 4. The number of aromatic nitrogens is 4. The van der Waals surface area contributed by atoms with E-state index < -0.39 is 43.2 Å². The van der Waals surface area contributed by atoms with E-state index in [1.54, 1.807) is 0 Å². The maximum absolute atomic E-state index is 14.4. The van der Waals surface area contributed by atoms with E-state index in [4.69, 9.17) is 4.74 Å². The molecular weight excluding hydrogens is 386 g/mol. The Morgan fingerprint density at radius 2 is 1.96 bits per heavy atom. The van der Waals surface area contributed by atoms with Gasteiger partial charge in [0, 0.05) is 6.04 Å². The monoisotopic (exact) mass is 407 g/mol. The van der Waals surface area contributed by atoms with Crippen LogP contribution in [-0.4, -0.2) is 60.8 Å². The third-order valence-electron chi connectivity index (χ3n) is 4.75. The molecule has 0 radical (unpaired) electrons. The molecule has 1 aliphatic rings. The second-order valence-electron chi connectivity index (χ2n) is 6.56. The van der Waals surface area contributed by atoms with Crippen LogP contribution in [-0.2, 0) is 10.9 Å². The molecule has 0 unspecified atom stereocenters. The summed E-state index contributed by atoms with van der Waals surface area (Å²) in [5.41, 5.74) is -0.258. The van der Waals surface area contributed by atoms with E-state index in [2.05, 4.69) is 20.3 Å². The molecule has 3 heterocycles. The van der Waals surface area contributed by atoms with Crippen LogP contribution in [0.15, 0.2) is 6.33 Å². The van der Waals surface area contributed by atoms with Crippen molar-refractivity contribution in [3.8, 4) is 0 Å². The van der Waals surface area contributed by atoms with Gasteiger partial charge >= 0.3 is 6.18 Å². The lowest BCUT2D eigenvalue weighted by atomic mass is 10.1. The first-order chi connectivity index (χ1) is 13.2. The second-order valence-corrected chi connectivity index (χ2v) is 6.56. The second kappa shape index (κ2) is 7.76. The summed E-state index contributed by atoms with van der Waals surface area (Å²) in [4.78, 5) is 11.1. The number of aliphatic hydroxyl groups is 2. The molecule has 0 aliphatic carbocycles. The van der Waals surface area contributed by atoms with Gasteiger partial charge in [-0.2, -0.15) is 13.2 Å². The lowest BCUT2D eigenvalue weighted by Crippen LogP contribution is -2.30. The number of anilines is 1. The summed E-state index contributed by atoms with van der Waals surface area (Å²) < 4.78 is 60.6. The molecule has 0 saturated carbocycles. The fourth-order valence-electron chi connectivity index (χ4n) is 3.09. The van der Waals surface area contributed by atoms with Crippen LogP contribution in [0.4, 0.5) is 23.4 Å². The van der Waals surface area contributed by atoms with Crippen LogP contribution in [0.5, 0.6) is 0 Å². The normalized spacial score (nSPS) is 25.8. The number of hydrogen-bond acceptors (Lipinski definition) is 7. The highest BCUT2D eigenvalue weighted by Crippen LogP contribution is 2.36. The van der Waals surface area contributed by atoms with Crippen LogP contribution >= 0.6 is 0 Å². The maximum atomic E-state index is 14.4. The zero-order chi connectivity index (χ0) is 20.6. The van der Waals surface area contributed by atoms with E-state index >= 15 is 0 Å². The highest BCUT2D eigenvalue weighted by Gasteiger charge is 2.46. The Hall–Kier alpha value is -2.05. The van der Waals surface area contributed by atoms with Gasteiger partial charge in [0.05, 0.1) is 12.9 Å². The Balaban J connectivity index is 2.11. The number of fused-ring (bicyclic) bond motifs is 1. The van der Waals surface area contributed by atoms with Gasteiger partial charge in [-0.1, -0.05) is 13.8 Å². The molecule has 0 aromatic carbocycles. The van der Waals surface area contributed by atoms with Crippen molar-refractivity contribution >= 4 is 17.0 Å². The minimum absolute atomic E-state index is 0.0256. The minimum Gasteiger partial charge on any atom is -0.394 e. The van der Waals surface area contributed by atoms with Crippen LogP contribution < -0.4 is 5.32 Å². The molecule has 1 saturated heterocycles. The van der Waals surface area contributed by atoms with Crippen molar-refractivity contribution in [2.75, 3.05) is 11.9 Å². The van der Waals surface area contributed by atoms with Crippen molar-refractivity contribution in [1.29, 1.82) is 0 Å². The van der Waals surface area contributed by atoms with Crippen LogP contribution in [0.1, 0.15) is 38.7 Å². The van der Waals surface area contributed by atoms with Gasteiger partial charge in [-0.15, -0.1) is 0 Å². The third kappa shape index (κ3) is 3.63. The number of hydrogen-bond donors (Lipinski definition) is 3. The maximum Gasteiger partial charge on any atom is 0.451 e. The number of rotatable bonds is 6. The zero-order valence-corrected chi connectivity index (χ0v) is 15.2. The molecule has 3 N–H and O–H groups in total. The number of imidazole rings is 1. The van der Waals surface area contributed by atoms with Gasteiger partial charge < -0.3 is 20.3 Å². The summed E-state index contributed by atoms with van der Waals surface area (Å²) in [5.74, 6) is -1.51. The molecule has 2 aromatic heterocycles. The number of ether oxygens (including phenoxy) is 1. The Bertz CT molecular complexity index is 826. The molecule has 1 aliphatic heterocycles. The van der Waals surface area contributed by atoms with Crippen LogP contribution in [0.3, 0.4) is 0 Å². The first-order valence-electron chi connectivity index (χ1n) is 8.87. The van der Waals surface area contributed by atoms with Gasteiger partial charge in [-0.05, 0) is 12.8 Å². The molecule has 4 atom stereocenters. The Morgan fingerprint density at radius 1 is 1.29 bits per heavy atom. The first-order valence-corrected chi connectivity index (χ1v) is 8.87. The smallest absolute Gasteiger partial charge is 0.394 e. The van der Waals surface area contributed by atoms with E-state index in [-0.39, 0.29) is 23.0 Å². The van der Waals surface area contributed by atoms with Gasteiger partial charge in [0.2, 0.25) is 5.82 Å². The standard InChI is InChI=1S/C16H21F4N5O3/c1-3-7(4-2)22-12-10-13(24-15(23-12)16(18,19)20)25(6-21-10)14-9(17)11(27)8(5-26)28-14/h6-9,11,14,26-27H,3-5H2,1-2H3,(H,22,23,24)/t8-,9+,11-,14-/m1/s1. The van der Waals surface area contributed by atoms with Crippen LogP contribution in [0, 0.1) is 0 Å². The minimum atomic E-state index is -4.83. The van der Waals surface area contributed by atoms with E-state index in [0.717, 1.165) is 10.9 Å². The number of alkyl halides is 4. The van der Waals surface area contributed by atoms with Crippen molar-refractivity contribution in [2.24, 2.45) is 0 Å². The van der Waals surface area contributed by atoms with E-state index in [9.17, 15) is 27.8 Å². The summed E-state index contributed by atoms with van der Waals surface area (Å²) in [6.45, 7) is 3.10. The van der Waals surface area contributed by atoms with Crippen molar-refractivity contribution in [3.05, 3.63) is 12.2 Å². The third-order valence-corrected chi connectivity index (χ3v) is 4.75. The quantitative estimate of drug-likeness (QED) is 0.630. The topological polar surface area (TPSA) is 105 Å². The van der Waals surface area contributed by atoms with Gasteiger partial charge in [0.25, 0.3) is 0 Å². The Labute approximate surface area is 157 Å². The van der Waals surface area contributed by atoms with Crippen molar-refractivity contribution in [1.82, 2.24) is 19.5 Å². The predicted molar refractivity (Wildman–Crippen MR) is 90.2 cm³/mol. The van der Waals surface area contributed by atoms with E-state index in [0.29, 0.717) is 12.8 Å². The van der Waals surface area contributed by atoms with E-state index in [1.165, 1.54) is 0 Å². The molecule has 0 spiro atoms. The highest BCUT2D eigenvalue weighted by atomic mass is 19.4. The molecule has 0 bridgehead atoms. The summed E-state index contributed by atoms with van der Waals surface area (Å²) in [7, 11) is 0. The SMILES string of the molecule is CCC(CC)Nc1nc(C(F)(F)F)nc2c1ncn2[C@@H]1O[C@H](CO)[C@@H](O)[C@@H]1F. The summed E-state index contributed by atoms with van der Waals surface area (Å²) in [6, 6.07) is -0.137. The van der Waals surface area contributed by atoms with E-state index in [1.807, 2.05) is 13.8 Å². The van der Waals surface area contributed by atoms with Crippen LogP contribution in [0.25, 0.3) is 11.2 Å². The largest absolute Gasteiger partial charge is 0.451 e. The molecule has 3 rings (SSSR count). The Morgan fingerprint density at radius 3 is 2.50 bits per heavy atom. The Kier molecular flexibility index (Phi) is 5.73. The van der Waals surface area contributed by atoms with Gasteiger partial charge in [-0.3, -0.25) is 4.57 Å². The number of nitrogens with zero attached hydrogens (tertiary/aromatic N) is 4. The number of nitrogens with one attached hydrogen (secondary N) is 1. The predicted octanol–water partition coefficient (Wildman–Crippen LogP) is 2.03. The number of aliphatic hydroxyl groups excluding tert-OH is 2. The molecule has 2 aromatic rings. The summed E-state index contributed by atoms with van der Waals surface area (Å²) in [6.07, 6.45) is -8.74. The fourth-order valence-corrected chi connectivity index (χ4v) is 3.09. The van der Waals surface area contributed by atoms with Crippen molar-refractivity contribution in [3.63, 3.8) is 0 Å². The van der Waals surface area contributed by atoms with Crippen LogP contribution in [0.2, 0.25) is 0 Å². The van der Waals surface area contributed by atoms with Gasteiger partial charge in [0.15, 0.2) is 29.4 Å². The average Bonchev–Trinajstić information content (AvgIpc) is 3.20. The molecular formula is C16H21F4N5O3. The molecule has 0 amide bonds. The fraction of sp³-hybridized carbons (Fsp3) is 0.688.